The molecule has 1 N–H and O–H groups in total. The average molecular weight is 398 g/mol. The van der Waals surface area contributed by atoms with Gasteiger partial charge < -0.3 is 9.88 Å². The van der Waals surface area contributed by atoms with E-state index in [1.165, 1.54) is 22.8 Å². The Morgan fingerprint density at radius 2 is 1.79 bits per heavy atom. The third-order valence-electron chi connectivity index (χ3n) is 4.72. The third-order valence-corrected chi connectivity index (χ3v) is 6.02. The molecule has 0 aliphatic carbocycles. The normalized spacial score (nSPS) is 15.4. The van der Waals surface area contributed by atoms with E-state index in [-0.39, 0.29) is 5.82 Å². The quantitative estimate of drug-likeness (QED) is 0.672. The van der Waals surface area contributed by atoms with Crippen LogP contribution in [0.3, 0.4) is 0 Å². The summed E-state index contributed by atoms with van der Waals surface area (Å²) < 4.78 is 37.9. The minimum atomic E-state index is -3.12. The number of pyridine rings is 1. The monoisotopic (exact) mass is 398 g/mol. The van der Waals surface area contributed by atoms with Gasteiger partial charge in [-0.1, -0.05) is 5.92 Å². The van der Waals surface area contributed by atoms with Gasteiger partial charge in [0.15, 0.2) is 0 Å². The fourth-order valence-electron chi connectivity index (χ4n) is 3.23. The van der Waals surface area contributed by atoms with Gasteiger partial charge in [-0.2, -0.15) is 4.31 Å². The Hall–Kier alpha value is -2.89. The lowest BCUT2D eigenvalue weighted by Gasteiger charge is -2.34. The summed E-state index contributed by atoms with van der Waals surface area (Å²) in [6, 6.07) is 11.0. The van der Waals surface area contributed by atoms with Crippen LogP contribution in [0, 0.1) is 17.7 Å². The standard InChI is InChI=1S/C20H19FN4O2S/c1-28(26,27)25-10-8-24(9-11-25)19-6-3-15(4-7-19)2-5-18-13-16-12-17(21)14-22-20(16)23-18/h3-4,6-7,12-14H,8-11H2,1H3,(H,22,23). The summed E-state index contributed by atoms with van der Waals surface area (Å²) in [6.45, 7) is 2.32. The molecular weight excluding hydrogens is 379 g/mol. The zero-order valence-electron chi connectivity index (χ0n) is 15.3. The molecule has 1 aliphatic rings. The number of nitrogens with zero attached hydrogens (tertiary/aromatic N) is 3. The van der Waals surface area contributed by atoms with Crippen molar-refractivity contribution >= 4 is 26.7 Å². The largest absolute Gasteiger partial charge is 0.369 e. The third kappa shape index (κ3) is 4.01. The lowest BCUT2D eigenvalue weighted by Crippen LogP contribution is -2.48. The molecule has 3 heterocycles. The number of benzene rings is 1. The van der Waals surface area contributed by atoms with Gasteiger partial charge in [-0.05, 0) is 42.3 Å². The summed E-state index contributed by atoms with van der Waals surface area (Å²) in [5, 5.41) is 0.688. The van der Waals surface area contributed by atoms with E-state index in [1.807, 2.05) is 24.3 Å². The molecule has 1 aromatic carbocycles. The van der Waals surface area contributed by atoms with E-state index >= 15 is 0 Å². The highest BCUT2D eigenvalue weighted by atomic mass is 32.2. The second-order valence-corrected chi connectivity index (χ2v) is 8.70. The van der Waals surface area contributed by atoms with Crippen molar-refractivity contribution in [1.29, 1.82) is 0 Å². The van der Waals surface area contributed by atoms with E-state index in [0.29, 0.717) is 42.9 Å². The van der Waals surface area contributed by atoms with E-state index in [4.69, 9.17) is 0 Å². The van der Waals surface area contributed by atoms with Gasteiger partial charge >= 0.3 is 0 Å². The second kappa shape index (κ2) is 7.26. The van der Waals surface area contributed by atoms with E-state index in [1.54, 1.807) is 6.07 Å². The maximum Gasteiger partial charge on any atom is 0.211 e. The predicted molar refractivity (Wildman–Crippen MR) is 107 cm³/mol. The first-order chi connectivity index (χ1) is 13.4. The molecule has 1 aliphatic heterocycles. The number of H-pyrrole nitrogens is 1. The molecule has 0 saturated carbocycles. The maximum atomic E-state index is 13.2. The fraction of sp³-hybridized carbons (Fsp3) is 0.250. The van der Waals surface area contributed by atoms with Crippen LogP contribution in [0.25, 0.3) is 11.0 Å². The second-order valence-electron chi connectivity index (χ2n) is 6.72. The number of fused-ring (bicyclic) bond motifs is 1. The van der Waals surface area contributed by atoms with E-state index in [9.17, 15) is 12.8 Å². The lowest BCUT2D eigenvalue weighted by molar-refractivity contribution is 0.388. The van der Waals surface area contributed by atoms with Crippen LogP contribution < -0.4 is 4.90 Å². The number of piperazine rings is 1. The molecule has 28 heavy (non-hydrogen) atoms. The van der Waals surface area contributed by atoms with Gasteiger partial charge in [0.2, 0.25) is 10.0 Å². The van der Waals surface area contributed by atoms with Crippen LogP contribution in [-0.4, -0.2) is 55.1 Å². The summed E-state index contributed by atoms with van der Waals surface area (Å²) in [5.74, 6) is 5.75. The molecule has 0 atom stereocenters. The van der Waals surface area contributed by atoms with E-state index in [2.05, 4.69) is 26.7 Å². The van der Waals surface area contributed by atoms with Crippen molar-refractivity contribution in [3.05, 3.63) is 59.7 Å². The summed E-state index contributed by atoms with van der Waals surface area (Å²) in [6.07, 6.45) is 2.42. The van der Waals surface area contributed by atoms with Crippen LogP contribution in [0.15, 0.2) is 42.6 Å². The summed E-state index contributed by atoms with van der Waals surface area (Å²) >= 11 is 0. The first-order valence-electron chi connectivity index (χ1n) is 8.85. The highest BCUT2D eigenvalue weighted by Crippen LogP contribution is 2.18. The summed E-state index contributed by atoms with van der Waals surface area (Å²) in [5.41, 5.74) is 3.18. The molecule has 144 valence electrons. The SMILES string of the molecule is CS(=O)(=O)N1CCN(c2ccc(C#Cc3cc4cc(F)cnc4[nH]3)cc2)CC1. The van der Waals surface area contributed by atoms with Crippen LogP contribution in [0.2, 0.25) is 0 Å². The van der Waals surface area contributed by atoms with Crippen molar-refractivity contribution in [2.75, 3.05) is 37.3 Å². The average Bonchev–Trinajstić information content (AvgIpc) is 3.08. The van der Waals surface area contributed by atoms with Crippen LogP contribution in [0.1, 0.15) is 11.3 Å². The number of nitrogens with one attached hydrogen (secondary N) is 1. The van der Waals surface area contributed by atoms with Gasteiger partial charge in [-0.25, -0.2) is 17.8 Å². The van der Waals surface area contributed by atoms with Gasteiger partial charge in [0.05, 0.1) is 18.1 Å². The molecule has 1 fully saturated rings. The zero-order chi connectivity index (χ0) is 19.7. The Bertz CT molecular complexity index is 1170. The van der Waals surface area contributed by atoms with Crippen LogP contribution in [0.4, 0.5) is 10.1 Å². The number of hydrogen-bond acceptors (Lipinski definition) is 4. The van der Waals surface area contributed by atoms with Crippen LogP contribution >= 0.6 is 0 Å². The van der Waals surface area contributed by atoms with E-state index < -0.39 is 10.0 Å². The Kier molecular flexibility index (Phi) is 4.79. The molecule has 4 rings (SSSR count). The van der Waals surface area contributed by atoms with Crippen molar-refractivity contribution in [3.8, 4) is 11.8 Å². The van der Waals surface area contributed by atoms with Gasteiger partial charge in [0.1, 0.15) is 11.5 Å². The van der Waals surface area contributed by atoms with Crippen LogP contribution in [0.5, 0.6) is 0 Å². The molecule has 0 spiro atoms. The number of aromatic amines is 1. The number of rotatable bonds is 2. The van der Waals surface area contributed by atoms with Crippen molar-refractivity contribution in [2.24, 2.45) is 0 Å². The minimum absolute atomic E-state index is 0.376. The Labute approximate surface area is 163 Å². The van der Waals surface area contributed by atoms with Crippen molar-refractivity contribution in [3.63, 3.8) is 0 Å². The number of aromatic nitrogens is 2. The van der Waals surface area contributed by atoms with Crippen molar-refractivity contribution < 1.29 is 12.8 Å². The van der Waals surface area contributed by atoms with Gasteiger partial charge in [0.25, 0.3) is 0 Å². The first-order valence-corrected chi connectivity index (χ1v) is 10.7. The molecule has 0 amide bonds. The molecule has 0 bridgehead atoms. The fourth-order valence-corrected chi connectivity index (χ4v) is 4.06. The predicted octanol–water partition coefficient (Wildman–Crippen LogP) is 2.18. The van der Waals surface area contributed by atoms with Crippen molar-refractivity contribution in [2.45, 2.75) is 0 Å². The molecule has 8 heteroatoms. The highest BCUT2D eigenvalue weighted by Gasteiger charge is 2.23. The Balaban J connectivity index is 1.45. The highest BCUT2D eigenvalue weighted by molar-refractivity contribution is 7.88. The Morgan fingerprint density at radius 3 is 2.46 bits per heavy atom. The van der Waals surface area contributed by atoms with Gasteiger partial charge in [0, 0.05) is 42.8 Å². The number of sulfonamides is 1. The number of halogens is 1. The molecule has 0 unspecified atom stereocenters. The molecule has 6 nitrogen and oxygen atoms in total. The molecule has 2 aromatic heterocycles. The van der Waals surface area contributed by atoms with Gasteiger partial charge in [-0.15, -0.1) is 0 Å². The molecular formula is C20H19FN4O2S. The van der Waals surface area contributed by atoms with Gasteiger partial charge in [-0.3, -0.25) is 0 Å². The maximum absolute atomic E-state index is 13.2. The number of hydrogen-bond donors (Lipinski definition) is 1. The zero-order valence-corrected chi connectivity index (χ0v) is 16.1. The van der Waals surface area contributed by atoms with Crippen molar-refractivity contribution in [1.82, 2.24) is 14.3 Å². The first kappa shape index (κ1) is 18.5. The smallest absolute Gasteiger partial charge is 0.211 e. The molecule has 0 radical (unpaired) electrons. The minimum Gasteiger partial charge on any atom is -0.369 e. The summed E-state index contributed by atoms with van der Waals surface area (Å²) in [4.78, 5) is 9.22. The van der Waals surface area contributed by atoms with Crippen LogP contribution in [-0.2, 0) is 10.0 Å². The summed E-state index contributed by atoms with van der Waals surface area (Å²) in [7, 11) is -3.12. The molecule has 3 aromatic rings. The Morgan fingerprint density at radius 1 is 1.07 bits per heavy atom. The molecule has 1 saturated heterocycles. The van der Waals surface area contributed by atoms with E-state index in [0.717, 1.165) is 11.3 Å². The topological polar surface area (TPSA) is 69.3 Å². The number of anilines is 1. The lowest BCUT2D eigenvalue weighted by atomic mass is 10.2.